The van der Waals surface area contributed by atoms with Crippen LogP contribution < -0.4 is 0 Å². The van der Waals surface area contributed by atoms with Gasteiger partial charge in [-0.3, -0.25) is 4.79 Å². The van der Waals surface area contributed by atoms with Gasteiger partial charge in [0.1, 0.15) is 11.9 Å². The first kappa shape index (κ1) is 19.4. The lowest BCUT2D eigenvalue weighted by molar-refractivity contribution is -0.146. The number of phenols is 3. The fourth-order valence-electron chi connectivity index (χ4n) is 2.64. The first-order chi connectivity index (χ1) is 12.4. The molecule has 0 saturated carbocycles. The zero-order valence-electron chi connectivity index (χ0n) is 14.8. The van der Waals surface area contributed by atoms with Crippen LogP contribution in [0.5, 0.6) is 17.2 Å². The predicted octanol–water partition coefficient (Wildman–Crippen LogP) is 4.16. The van der Waals surface area contributed by atoms with Gasteiger partial charge in [-0.15, -0.1) is 0 Å². The van der Waals surface area contributed by atoms with Crippen molar-refractivity contribution in [2.24, 2.45) is 0 Å². The van der Waals surface area contributed by atoms with E-state index < -0.39 is 0 Å². The Hall–Kier alpha value is -2.95. The molecule has 138 valence electrons. The van der Waals surface area contributed by atoms with Gasteiger partial charge >= 0.3 is 5.97 Å². The second kappa shape index (κ2) is 9.51. The summed E-state index contributed by atoms with van der Waals surface area (Å²) >= 11 is 0. The fraction of sp³-hybridized carbons (Fsp3) is 0.286. The molecule has 5 heteroatoms. The molecule has 0 aliphatic heterocycles. The highest BCUT2D eigenvalue weighted by atomic mass is 16.5. The van der Waals surface area contributed by atoms with Crippen molar-refractivity contribution >= 4 is 12.0 Å². The van der Waals surface area contributed by atoms with Gasteiger partial charge in [0.2, 0.25) is 0 Å². The first-order valence-corrected chi connectivity index (χ1v) is 8.57. The van der Waals surface area contributed by atoms with Gasteiger partial charge in [-0.2, -0.15) is 0 Å². The van der Waals surface area contributed by atoms with E-state index in [-0.39, 0.29) is 29.3 Å². The largest absolute Gasteiger partial charge is 0.508 e. The molecular formula is C21H24O5. The Balaban J connectivity index is 1.86. The van der Waals surface area contributed by atoms with Gasteiger partial charge in [-0.25, -0.2) is 0 Å². The minimum atomic E-state index is -0.314. The van der Waals surface area contributed by atoms with Crippen molar-refractivity contribution in [2.45, 2.75) is 38.7 Å². The number of aryl methyl sites for hydroxylation is 1. The number of rotatable bonds is 8. The molecule has 0 bridgehead atoms. The van der Waals surface area contributed by atoms with Crippen molar-refractivity contribution < 1.29 is 24.9 Å². The second-order valence-electron chi connectivity index (χ2n) is 6.16. The SMILES string of the molecule is CC(=O)O[C@@H](CC/C=C/c1ccc(O)cc1)CCc1ccc(O)c(O)c1. The summed E-state index contributed by atoms with van der Waals surface area (Å²) in [5, 5.41) is 28.2. The van der Waals surface area contributed by atoms with Crippen molar-refractivity contribution in [2.75, 3.05) is 0 Å². The normalized spacial score (nSPS) is 12.2. The van der Waals surface area contributed by atoms with Crippen LogP contribution >= 0.6 is 0 Å². The van der Waals surface area contributed by atoms with E-state index >= 15 is 0 Å². The van der Waals surface area contributed by atoms with Gasteiger partial charge in [0.25, 0.3) is 0 Å². The number of carbonyl (C=O) groups excluding carboxylic acids is 1. The molecule has 0 aliphatic rings. The minimum Gasteiger partial charge on any atom is -0.508 e. The van der Waals surface area contributed by atoms with Gasteiger partial charge in [0, 0.05) is 6.92 Å². The Morgan fingerprint density at radius 1 is 1.04 bits per heavy atom. The topological polar surface area (TPSA) is 87.0 Å². The summed E-state index contributed by atoms with van der Waals surface area (Å²) in [5.74, 6) is -0.378. The number of benzene rings is 2. The molecule has 2 aromatic rings. The number of aromatic hydroxyl groups is 3. The summed E-state index contributed by atoms with van der Waals surface area (Å²) in [6.07, 6.45) is 6.47. The monoisotopic (exact) mass is 356 g/mol. The average molecular weight is 356 g/mol. The molecule has 0 amide bonds. The molecule has 26 heavy (non-hydrogen) atoms. The second-order valence-corrected chi connectivity index (χ2v) is 6.16. The average Bonchev–Trinajstić information content (AvgIpc) is 2.60. The Bertz CT molecular complexity index is 749. The highest BCUT2D eigenvalue weighted by Gasteiger charge is 2.12. The number of phenolic OH excluding ortho intramolecular Hbond substituents is 3. The van der Waals surface area contributed by atoms with E-state index in [2.05, 4.69) is 0 Å². The van der Waals surface area contributed by atoms with Gasteiger partial charge in [-0.05, 0) is 61.1 Å². The smallest absolute Gasteiger partial charge is 0.302 e. The van der Waals surface area contributed by atoms with Crippen LogP contribution in [0.15, 0.2) is 48.5 Å². The maximum Gasteiger partial charge on any atom is 0.302 e. The predicted molar refractivity (Wildman–Crippen MR) is 100 cm³/mol. The summed E-state index contributed by atoms with van der Waals surface area (Å²) in [5.41, 5.74) is 1.86. The zero-order chi connectivity index (χ0) is 18.9. The fourth-order valence-corrected chi connectivity index (χ4v) is 2.64. The summed E-state index contributed by atoms with van der Waals surface area (Å²) in [6, 6.07) is 11.6. The van der Waals surface area contributed by atoms with E-state index in [4.69, 9.17) is 4.74 Å². The summed E-state index contributed by atoms with van der Waals surface area (Å²) in [7, 11) is 0. The molecule has 0 unspecified atom stereocenters. The summed E-state index contributed by atoms with van der Waals surface area (Å²) in [4.78, 5) is 11.3. The number of allylic oxidation sites excluding steroid dienone is 1. The number of ether oxygens (including phenoxy) is 1. The Morgan fingerprint density at radius 2 is 1.77 bits per heavy atom. The molecule has 0 aromatic heterocycles. The molecule has 0 aliphatic carbocycles. The van der Waals surface area contributed by atoms with E-state index in [0.717, 1.165) is 17.5 Å². The Labute approximate surface area is 153 Å². The van der Waals surface area contributed by atoms with Crippen molar-refractivity contribution in [1.82, 2.24) is 0 Å². The minimum absolute atomic E-state index is 0.148. The molecule has 3 N–H and O–H groups in total. The molecule has 0 saturated heterocycles. The van der Waals surface area contributed by atoms with E-state index in [9.17, 15) is 20.1 Å². The van der Waals surface area contributed by atoms with E-state index in [1.807, 2.05) is 24.3 Å². The van der Waals surface area contributed by atoms with E-state index in [1.165, 1.54) is 19.1 Å². The number of hydrogen-bond donors (Lipinski definition) is 3. The van der Waals surface area contributed by atoms with E-state index in [1.54, 1.807) is 18.2 Å². The van der Waals surface area contributed by atoms with Gasteiger partial charge in [-0.1, -0.05) is 30.4 Å². The van der Waals surface area contributed by atoms with Crippen LogP contribution in [0, 0.1) is 0 Å². The van der Waals surface area contributed by atoms with Crippen molar-refractivity contribution in [3.8, 4) is 17.2 Å². The lowest BCUT2D eigenvalue weighted by Gasteiger charge is -2.16. The quantitative estimate of drug-likeness (QED) is 0.488. The molecule has 0 spiro atoms. The number of esters is 1. The van der Waals surface area contributed by atoms with Crippen LogP contribution in [0.1, 0.15) is 37.3 Å². The van der Waals surface area contributed by atoms with E-state index in [0.29, 0.717) is 19.3 Å². The van der Waals surface area contributed by atoms with Gasteiger partial charge < -0.3 is 20.1 Å². The number of hydrogen-bond acceptors (Lipinski definition) is 5. The summed E-state index contributed by atoms with van der Waals surface area (Å²) in [6.45, 7) is 1.39. The van der Waals surface area contributed by atoms with Crippen LogP contribution in [0.25, 0.3) is 6.08 Å². The Morgan fingerprint density at radius 3 is 2.42 bits per heavy atom. The summed E-state index contributed by atoms with van der Waals surface area (Å²) < 4.78 is 5.38. The lowest BCUT2D eigenvalue weighted by Crippen LogP contribution is -2.17. The third kappa shape index (κ3) is 6.51. The zero-order valence-corrected chi connectivity index (χ0v) is 14.8. The molecule has 0 heterocycles. The Kier molecular flexibility index (Phi) is 7.09. The standard InChI is InChI=1S/C21H24O5/c1-15(22)26-19(12-8-17-9-13-20(24)21(25)14-17)5-3-2-4-16-6-10-18(23)11-7-16/h2,4,6-7,9-11,13-14,19,23-25H,3,5,8,12H2,1H3/b4-2+/t19-/m0/s1. The van der Waals surface area contributed by atoms with Crippen molar-refractivity contribution in [3.05, 3.63) is 59.7 Å². The highest BCUT2D eigenvalue weighted by Crippen LogP contribution is 2.26. The number of carbonyl (C=O) groups is 1. The van der Waals surface area contributed by atoms with Gasteiger partial charge in [0.05, 0.1) is 0 Å². The van der Waals surface area contributed by atoms with Crippen molar-refractivity contribution in [3.63, 3.8) is 0 Å². The maximum atomic E-state index is 11.3. The van der Waals surface area contributed by atoms with Crippen molar-refractivity contribution in [1.29, 1.82) is 0 Å². The maximum absolute atomic E-state index is 11.3. The molecule has 2 aromatic carbocycles. The van der Waals surface area contributed by atoms with Crippen LogP contribution in [-0.2, 0) is 16.0 Å². The third-order valence-corrected chi connectivity index (χ3v) is 3.99. The third-order valence-electron chi connectivity index (χ3n) is 3.99. The lowest BCUT2D eigenvalue weighted by atomic mass is 10.0. The molecule has 1 atom stereocenters. The first-order valence-electron chi connectivity index (χ1n) is 8.57. The molecular weight excluding hydrogens is 332 g/mol. The van der Waals surface area contributed by atoms with Crippen LogP contribution in [0.3, 0.4) is 0 Å². The molecule has 2 rings (SSSR count). The molecule has 5 nitrogen and oxygen atoms in total. The highest BCUT2D eigenvalue weighted by molar-refractivity contribution is 5.66. The van der Waals surface area contributed by atoms with Crippen LogP contribution in [0.4, 0.5) is 0 Å². The van der Waals surface area contributed by atoms with Gasteiger partial charge in [0.15, 0.2) is 11.5 Å². The molecule has 0 radical (unpaired) electrons. The van der Waals surface area contributed by atoms with Crippen LogP contribution in [0.2, 0.25) is 0 Å². The van der Waals surface area contributed by atoms with Crippen LogP contribution in [-0.4, -0.2) is 27.4 Å². The molecule has 0 fully saturated rings.